The molecule has 36 heteroatoms. The van der Waals surface area contributed by atoms with Crippen molar-refractivity contribution in [3.8, 4) is 23.1 Å². The Hall–Kier alpha value is -13.1. The van der Waals surface area contributed by atoms with Gasteiger partial charge in [-0.05, 0) is 143 Å². The van der Waals surface area contributed by atoms with Gasteiger partial charge in [0.15, 0.2) is 0 Å². The highest BCUT2D eigenvalue weighted by Gasteiger charge is 2.55. The molecule has 8 N–H and O–H groups in total. The SMILES string of the molecule is Cc1cc(Cl)ccc1OCc1cn(C2COCC3(C2)C(=O)Nc2ccccc23)nn1.Nc1cccc(OCc2cn(C3COCC4(C3)C(=O)Nc3ccccc34)nn2)c1.O=C1Nc2ccccc2C12COCC(n1cc(CNc3cccc(O)c3)nn1)C2.O=C1Nc2ccccc2C12COCC(n1cc(COc3ncc(Br)cc3[N+](=O)[O-])nn1)C2. The van der Waals surface area contributed by atoms with Crippen LogP contribution in [0.1, 0.15) is 100 Å². The number of benzene rings is 7. The first-order valence-electron chi connectivity index (χ1n) is 38.7. The fourth-order valence-corrected chi connectivity index (χ4v) is 17.2. The lowest BCUT2D eigenvalue weighted by Gasteiger charge is -2.36. The number of amides is 4. The van der Waals surface area contributed by atoms with Crippen LogP contribution in [0.3, 0.4) is 0 Å². The second kappa shape index (κ2) is 33.7. The topological polar surface area (TPSA) is 418 Å². The number of phenolic OH excluding ortho intramolecular Hbond substituents is 1. The summed E-state index contributed by atoms with van der Waals surface area (Å²) in [4.78, 5) is 65.9. The second-order valence-corrected chi connectivity index (χ2v) is 31.9. The van der Waals surface area contributed by atoms with Crippen LogP contribution in [-0.4, -0.2) is 151 Å². The second-order valence-electron chi connectivity index (χ2n) is 30.6. The number of nitrogens with one attached hydrogen (secondary N) is 5. The van der Waals surface area contributed by atoms with Gasteiger partial charge in [0.1, 0.15) is 81.5 Å². The number of hydrogen-bond acceptors (Lipinski definition) is 25. The summed E-state index contributed by atoms with van der Waals surface area (Å²) in [5.41, 5.74) is 15.0. The highest BCUT2D eigenvalue weighted by Crippen LogP contribution is 2.50. The zero-order valence-corrected chi connectivity index (χ0v) is 66.9. The fourth-order valence-electron chi connectivity index (χ4n) is 16.7. The Bertz CT molecular complexity index is 5700. The van der Waals surface area contributed by atoms with Crippen LogP contribution in [0, 0.1) is 17.0 Å². The Kier molecular flexibility index (Phi) is 22.3. The van der Waals surface area contributed by atoms with Crippen LogP contribution in [0.5, 0.6) is 23.1 Å². The first-order valence-corrected chi connectivity index (χ1v) is 39.9. The van der Waals surface area contributed by atoms with Crippen LogP contribution >= 0.6 is 27.5 Å². The molecular weight excluding hydrogens is 1630 g/mol. The fraction of sp³-hybridized carbons (Fsp3) is 0.298. The van der Waals surface area contributed by atoms with E-state index in [4.69, 9.17) is 50.5 Å². The number of nitro groups is 1. The zero-order valence-electron chi connectivity index (χ0n) is 64.5. The highest BCUT2D eigenvalue weighted by atomic mass is 79.9. The number of nitrogens with two attached hydrogens (primary N) is 1. The molecule has 0 bridgehead atoms. The molecule has 8 atom stereocenters. The Balaban J connectivity index is 0.000000114. The average Bonchev–Trinajstić information content (AvgIpc) is 1.60. The molecule has 8 unspecified atom stereocenters. The lowest BCUT2D eigenvalue weighted by molar-refractivity contribution is -0.386. The van der Waals surface area contributed by atoms with Gasteiger partial charge < -0.3 is 70.6 Å². The Labute approximate surface area is 698 Å². The molecule has 34 nitrogen and oxygen atoms in total. The predicted molar refractivity (Wildman–Crippen MR) is 439 cm³/mol. The van der Waals surface area contributed by atoms with Crippen LogP contribution in [0.25, 0.3) is 0 Å². The molecule has 4 spiro atoms. The van der Waals surface area contributed by atoms with E-state index < -0.39 is 26.6 Å². The largest absolute Gasteiger partial charge is 0.508 e. The van der Waals surface area contributed by atoms with Gasteiger partial charge in [0.25, 0.3) is 5.88 Å². The summed E-state index contributed by atoms with van der Waals surface area (Å²) < 4.78 is 48.0. The van der Waals surface area contributed by atoms with Crippen molar-refractivity contribution in [1.29, 1.82) is 0 Å². The van der Waals surface area contributed by atoms with Gasteiger partial charge in [0, 0.05) is 68.0 Å². The summed E-state index contributed by atoms with van der Waals surface area (Å²) in [6.45, 7) is 6.20. The summed E-state index contributed by atoms with van der Waals surface area (Å²) in [5, 5.41) is 70.3. The number of anilines is 6. The molecule has 614 valence electrons. The number of aryl methyl sites for hydroxylation is 1. The number of ether oxygens (including phenoxy) is 7. The maximum Gasteiger partial charge on any atom is 0.332 e. The Morgan fingerprint density at radius 3 is 1.36 bits per heavy atom. The van der Waals surface area contributed by atoms with Crippen LogP contribution in [0.15, 0.2) is 205 Å². The number of carbonyl (C=O) groups is 4. The molecule has 0 saturated carbocycles. The summed E-state index contributed by atoms with van der Waals surface area (Å²) >= 11 is 9.15. The lowest BCUT2D eigenvalue weighted by atomic mass is 9.76. The molecule has 0 aliphatic carbocycles. The monoisotopic (exact) mass is 1710 g/mol. The van der Waals surface area contributed by atoms with E-state index in [1.807, 2.05) is 153 Å². The number of carbonyl (C=O) groups excluding carboxylic acids is 4. The number of phenols is 1. The van der Waals surface area contributed by atoms with Gasteiger partial charge in [-0.2, -0.15) is 0 Å². The molecule has 8 aliphatic rings. The van der Waals surface area contributed by atoms with E-state index in [1.54, 1.807) is 61.3 Å². The summed E-state index contributed by atoms with van der Waals surface area (Å²) in [7, 11) is 0. The normalized spacial score (nSPS) is 22.7. The third-order valence-corrected chi connectivity index (χ3v) is 23.3. The minimum absolute atomic E-state index is 0.0183. The number of hydrogen-bond donors (Lipinski definition) is 7. The number of pyridine rings is 1. The molecule has 4 amide bonds. The van der Waals surface area contributed by atoms with Crippen LogP contribution in [0.4, 0.5) is 39.8 Å². The summed E-state index contributed by atoms with van der Waals surface area (Å²) in [6, 6.07) is 51.5. The number of rotatable bonds is 17. The van der Waals surface area contributed by atoms with Crippen LogP contribution < -0.4 is 46.5 Å². The van der Waals surface area contributed by atoms with Crippen LogP contribution in [-0.2, 0) is 86.2 Å². The van der Waals surface area contributed by atoms with Crippen molar-refractivity contribution in [2.45, 2.75) is 105 Å². The number of fused-ring (bicyclic) bond motifs is 8. The zero-order chi connectivity index (χ0) is 82.7. The molecule has 4 fully saturated rings. The minimum atomic E-state index is -0.774. The van der Waals surface area contributed by atoms with Gasteiger partial charge in [-0.15, -0.1) is 20.4 Å². The molecule has 4 saturated heterocycles. The Morgan fingerprint density at radius 2 is 0.933 bits per heavy atom. The van der Waals surface area contributed by atoms with Crippen LogP contribution in [0.2, 0.25) is 5.02 Å². The smallest absolute Gasteiger partial charge is 0.332 e. The average molecular weight is 1710 g/mol. The first-order chi connectivity index (χ1) is 58.3. The van der Waals surface area contributed by atoms with Gasteiger partial charge in [0.05, 0.1) is 113 Å². The highest BCUT2D eigenvalue weighted by molar-refractivity contribution is 9.10. The van der Waals surface area contributed by atoms with E-state index in [0.717, 1.165) is 67.7 Å². The van der Waals surface area contributed by atoms with Gasteiger partial charge in [-0.3, -0.25) is 29.3 Å². The molecule has 12 aromatic rings. The van der Waals surface area contributed by atoms with E-state index in [-0.39, 0.29) is 78.3 Å². The van der Waals surface area contributed by atoms with E-state index in [9.17, 15) is 34.4 Å². The lowest BCUT2D eigenvalue weighted by Crippen LogP contribution is -2.46. The summed E-state index contributed by atoms with van der Waals surface area (Å²) in [5.74, 6) is 1.40. The molecular formula is C84H80BrClN20O14. The number of halogens is 2. The Morgan fingerprint density at radius 1 is 0.525 bits per heavy atom. The molecule has 13 heterocycles. The number of nitrogen functional groups attached to an aromatic ring is 1. The van der Waals surface area contributed by atoms with Crippen molar-refractivity contribution < 1.29 is 62.4 Å². The van der Waals surface area contributed by atoms with Gasteiger partial charge in [0.2, 0.25) is 23.6 Å². The molecule has 120 heavy (non-hydrogen) atoms. The van der Waals surface area contributed by atoms with E-state index in [1.165, 1.54) is 12.3 Å². The number of aromatic hydroxyl groups is 1. The van der Waals surface area contributed by atoms with Crippen molar-refractivity contribution >= 4 is 91.0 Å². The van der Waals surface area contributed by atoms with Gasteiger partial charge in [-0.25, -0.2) is 23.7 Å². The molecule has 7 aromatic carbocycles. The van der Waals surface area contributed by atoms with Crippen molar-refractivity contribution in [2.24, 2.45) is 0 Å². The maximum absolute atomic E-state index is 12.8. The van der Waals surface area contributed by atoms with E-state index >= 15 is 0 Å². The number of aromatic nitrogens is 13. The third kappa shape index (κ3) is 16.2. The van der Waals surface area contributed by atoms with Crippen molar-refractivity contribution in [1.82, 2.24) is 65.0 Å². The van der Waals surface area contributed by atoms with E-state index in [2.05, 4.69) is 88.7 Å². The quantitative estimate of drug-likeness (QED) is 0.0253. The number of nitrogens with zero attached hydrogens (tertiary/aromatic N) is 14. The van der Waals surface area contributed by atoms with Gasteiger partial charge in [-0.1, -0.05) is 117 Å². The third-order valence-electron chi connectivity index (χ3n) is 22.6. The summed E-state index contributed by atoms with van der Waals surface area (Å²) in [6.07, 6.45) is 11.0. The minimum Gasteiger partial charge on any atom is -0.508 e. The molecule has 20 rings (SSSR count). The van der Waals surface area contributed by atoms with Gasteiger partial charge >= 0.3 is 5.69 Å². The number of para-hydroxylation sites is 4. The molecule has 8 aliphatic heterocycles. The predicted octanol–water partition coefficient (Wildman–Crippen LogP) is 11.2. The molecule has 0 radical (unpaired) electrons. The first kappa shape index (κ1) is 79.4. The molecule has 5 aromatic heterocycles. The van der Waals surface area contributed by atoms with E-state index in [0.29, 0.717) is 130 Å². The van der Waals surface area contributed by atoms with Crippen molar-refractivity contribution in [3.05, 3.63) is 271 Å². The maximum atomic E-state index is 12.8. The standard InChI is InChI=1S/C22H21ClN4O3.2C21H21N5O3.C20H17BrN6O5/c1-14-8-15(23)6-7-20(14)30-11-16-10-27(26-25-16)17-9-22(13-29-12-17)18-4-2-3-5-19(18)24-21(22)28;22-14-4-3-5-17(8-14)29-11-15-10-26(25-24-15)16-9-21(13-28-12-16)18-6-1-2-7-19(18)23-20(21)27;27-17-5-3-4-14(8-17)22-10-15-11-26(25-24-15)16-9-21(13-29-12-16)18-6-1-2-7-19(18)23-20(21)28;21-12-5-17(27(29)30)18(22-7-12)32-9-13-8-26(25-24-13)14-6-20(11-31-10-14)15-3-1-2-4-16(15)23-19(20)28/h2-8,10,17H,9,11-13H2,1H3,(H,24,28);1-8,10,16H,9,11-13,22H2,(H,23,27);1-8,11,16,22,27H,9-10,12-13H2,(H,23,28);1-5,7-8,14H,6,9-11H2,(H,23,28). The van der Waals surface area contributed by atoms with Crippen molar-refractivity contribution in [3.63, 3.8) is 0 Å². The van der Waals surface area contributed by atoms with Crippen molar-refractivity contribution in [2.75, 3.05) is 85.2 Å².